The number of hydrogen-bond donors (Lipinski definition) is 2. The molecule has 2 N–H and O–H groups in total. The van der Waals surface area contributed by atoms with Crippen molar-refractivity contribution in [2.45, 2.75) is 18.9 Å². The van der Waals surface area contributed by atoms with Crippen LogP contribution in [0.4, 0.5) is 11.5 Å². The summed E-state index contributed by atoms with van der Waals surface area (Å²) in [6.45, 7) is 0. The van der Waals surface area contributed by atoms with E-state index in [1.807, 2.05) is 41.3 Å². The van der Waals surface area contributed by atoms with E-state index in [0.29, 0.717) is 17.7 Å². The minimum Gasteiger partial charge on any atom is -0.497 e. The predicted octanol–water partition coefficient (Wildman–Crippen LogP) is 3.30. The van der Waals surface area contributed by atoms with Crippen LogP contribution in [-0.2, 0) is 0 Å². The number of aromatic amines is 1. The molecule has 0 atom stereocenters. The Balaban J connectivity index is 1.55. The average molecular weight is 347 g/mol. The molecule has 0 saturated heterocycles. The lowest BCUT2D eigenvalue weighted by molar-refractivity contribution is 0.415. The summed E-state index contributed by atoms with van der Waals surface area (Å²) in [5, 5.41) is 14.8. The van der Waals surface area contributed by atoms with E-state index in [0.717, 1.165) is 28.0 Å². The van der Waals surface area contributed by atoms with Crippen LogP contribution in [0.1, 0.15) is 18.9 Å². The minimum atomic E-state index is 0.537. The van der Waals surface area contributed by atoms with Gasteiger partial charge in [0.05, 0.1) is 31.2 Å². The number of nitrogens with one attached hydrogen (secondary N) is 2. The molecule has 0 unspecified atom stereocenters. The molecule has 0 aliphatic heterocycles. The Morgan fingerprint density at radius 1 is 1.23 bits per heavy atom. The topological polar surface area (TPSA) is 93.5 Å². The third-order valence-electron chi connectivity index (χ3n) is 4.41. The summed E-state index contributed by atoms with van der Waals surface area (Å²) in [6, 6.07) is 8.22. The van der Waals surface area contributed by atoms with Crippen LogP contribution in [0, 0.1) is 0 Å². The lowest BCUT2D eigenvalue weighted by Gasteiger charge is -2.08. The third-order valence-corrected chi connectivity index (χ3v) is 4.41. The van der Waals surface area contributed by atoms with Crippen LogP contribution in [0.3, 0.4) is 0 Å². The Morgan fingerprint density at radius 3 is 3.00 bits per heavy atom. The number of anilines is 2. The van der Waals surface area contributed by atoms with Gasteiger partial charge in [-0.2, -0.15) is 10.2 Å². The second-order valence-corrected chi connectivity index (χ2v) is 6.32. The standard InChI is InChI=1S/C18H17N7O/c1-26-14-4-2-3-11(7-14)17-22-15-9-19-24-16(15)18(23-17)21-12-8-20-25(10-12)13-5-6-13/h2-4,7-10,13H,5-6H2,1H3,(H,19,24)(H,21,22,23). The minimum absolute atomic E-state index is 0.537. The summed E-state index contributed by atoms with van der Waals surface area (Å²) in [4.78, 5) is 9.30. The van der Waals surface area contributed by atoms with E-state index < -0.39 is 0 Å². The molecule has 3 aromatic heterocycles. The molecule has 1 aromatic carbocycles. The fourth-order valence-corrected chi connectivity index (χ4v) is 2.90. The van der Waals surface area contributed by atoms with E-state index in [-0.39, 0.29) is 0 Å². The third kappa shape index (κ3) is 2.65. The van der Waals surface area contributed by atoms with Crippen LogP contribution in [0.2, 0.25) is 0 Å². The van der Waals surface area contributed by atoms with E-state index in [2.05, 4.69) is 25.6 Å². The molecule has 130 valence electrons. The molecular formula is C18H17N7O. The monoisotopic (exact) mass is 347 g/mol. The van der Waals surface area contributed by atoms with Crippen LogP contribution < -0.4 is 10.1 Å². The SMILES string of the molecule is COc1cccc(-c2nc(Nc3cnn(C4CC4)c3)c3[nH]ncc3n2)c1. The largest absolute Gasteiger partial charge is 0.497 e. The van der Waals surface area contributed by atoms with Crippen molar-refractivity contribution < 1.29 is 4.74 Å². The Morgan fingerprint density at radius 2 is 2.15 bits per heavy atom. The maximum atomic E-state index is 5.31. The van der Waals surface area contributed by atoms with Gasteiger partial charge in [-0.05, 0) is 25.0 Å². The van der Waals surface area contributed by atoms with E-state index in [9.17, 15) is 0 Å². The molecule has 1 fully saturated rings. The summed E-state index contributed by atoms with van der Waals surface area (Å²) in [6.07, 6.45) is 7.90. The zero-order valence-corrected chi connectivity index (χ0v) is 14.2. The molecule has 26 heavy (non-hydrogen) atoms. The van der Waals surface area contributed by atoms with Crippen LogP contribution >= 0.6 is 0 Å². The van der Waals surface area contributed by atoms with Gasteiger partial charge in [0.1, 0.15) is 16.8 Å². The normalized spacial score (nSPS) is 13.9. The van der Waals surface area contributed by atoms with Gasteiger partial charge in [0.25, 0.3) is 0 Å². The van der Waals surface area contributed by atoms with Gasteiger partial charge in [0, 0.05) is 11.8 Å². The quantitative estimate of drug-likeness (QED) is 0.575. The lowest BCUT2D eigenvalue weighted by Crippen LogP contribution is -1.99. The highest BCUT2D eigenvalue weighted by Gasteiger charge is 2.24. The average Bonchev–Trinajstić information content (AvgIpc) is 3.23. The van der Waals surface area contributed by atoms with E-state index in [1.54, 1.807) is 13.3 Å². The molecule has 1 saturated carbocycles. The highest BCUT2D eigenvalue weighted by atomic mass is 16.5. The number of aromatic nitrogens is 6. The van der Waals surface area contributed by atoms with Crippen LogP contribution in [0.5, 0.6) is 5.75 Å². The van der Waals surface area contributed by atoms with E-state index in [1.165, 1.54) is 12.8 Å². The molecule has 3 heterocycles. The molecule has 8 heteroatoms. The van der Waals surface area contributed by atoms with Gasteiger partial charge in [-0.25, -0.2) is 9.97 Å². The van der Waals surface area contributed by atoms with Gasteiger partial charge < -0.3 is 10.1 Å². The first kappa shape index (κ1) is 14.9. The van der Waals surface area contributed by atoms with Crippen molar-refractivity contribution >= 4 is 22.5 Å². The highest BCUT2D eigenvalue weighted by Crippen LogP contribution is 2.35. The summed E-state index contributed by atoms with van der Waals surface area (Å²) >= 11 is 0. The number of ether oxygens (including phenoxy) is 1. The number of fused-ring (bicyclic) bond motifs is 1. The summed E-state index contributed by atoms with van der Waals surface area (Å²) in [5.41, 5.74) is 3.28. The first-order valence-electron chi connectivity index (χ1n) is 8.47. The van der Waals surface area contributed by atoms with Crippen molar-refractivity contribution in [2.75, 3.05) is 12.4 Å². The number of rotatable bonds is 5. The summed E-state index contributed by atoms with van der Waals surface area (Å²) in [5.74, 6) is 2.04. The molecular weight excluding hydrogens is 330 g/mol. The molecule has 1 aliphatic carbocycles. The van der Waals surface area contributed by atoms with E-state index >= 15 is 0 Å². The molecule has 0 amide bonds. The Kier molecular flexibility index (Phi) is 3.34. The van der Waals surface area contributed by atoms with Crippen molar-refractivity contribution in [3.05, 3.63) is 42.9 Å². The fraction of sp³-hybridized carbons (Fsp3) is 0.222. The maximum Gasteiger partial charge on any atom is 0.162 e. The maximum absolute atomic E-state index is 5.31. The number of hydrogen-bond acceptors (Lipinski definition) is 6. The molecule has 0 bridgehead atoms. The molecule has 8 nitrogen and oxygen atoms in total. The van der Waals surface area contributed by atoms with Crippen molar-refractivity contribution in [3.63, 3.8) is 0 Å². The Hall–Kier alpha value is -3.42. The Bertz CT molecular complexity index is 1080. The first-order valence-corrected chi connectivity index (χ1v) is 8.47. The smallest absolute Gasteiger partial charge is 0.162 e. The van der Waals surface area contributed by atoms with Gasteiger partial charge in [0.2, 0.25) is 0 Å². The molecule has 4 aromatic rings. The lowest BCUT2D eigenvalue weighted by atomic mass is 10.2. The van der Waals surface area contributed by atoms with Crippen molar-refractivity contribution in [2.24, 2.45) is 0 Å². The number of H-pyrrole nitrogens is 1. The van der Waals surface area contributed by atoms with E-state index in [4.69, 9.17) is 9.72 Å². The van der Waals surface area contributed by atoms with Crippen molar-refractivity contribution in [1.29, 1.82) is 0 Å². The van der Waals surface area contributed by atoms with Gasteiger partial charge in [-0.3, -0.25) is 9.78 Å². The van der Waals surface area contributed by atoms with Crippen LogP contribution in [0.25, 0.3) is 22.4 Å². The second-order valence-electron chi connectivity index (χ2n) is 6.32. The number of nitrogens with zero attached hydrogens (tertiary/aromatic N) is 5. The van der Waals surface area contributed by atoms with Crippen LogP contribution in [0.15, 0.2) is 42.9 Å². The van der Waals surface area contributed by atoms with Gasteiger partial charge in [-0.1, -0.05) is 12.1 Å². The number of methoxy groups -OCH3 is 1. The van der Waals surface area contributed by atoms with Crippen LogP contribution in [-0.4, -0.2) is 37.1 Å². The zero-order chi connectivity index (χ0) is 17.5. The summed E-state index contributed by atoms with van der Waals surface area (Å²) in [7, 11) is 1.64. The molecule has 0 radical (unpaired) electrons. The fourth-order valence-electron chi connectivity index (χ4n) is 2.90. The molecule has 1 aliphatic rings. The second kappa shape index (κ2) is 5.83. The molecule has 0 spiro atoms. The predicted molar refractivity (Wildman–Crippen MR) is 97.5 cm³/mol. The van der Waals surface area contributed by atoms with Crippen molar-refractivity contribution in [3.8, 4) is 17.1 Å². The molecule has 5 rings (SSSR count). The Labute approximate surface area is 149 Å². The van der Waals surface area contributed by atoms with Gasteiger partial charge >= 0.3 is 0 Å². The summed E-state index contributed by atoms with van der Waals surface area (Å²) < 4.78 is 7.30. The zero-order valence-electron chi connectivity index (χ0n) is 14.2. The number of benzene rings is 1. The van der Waals surface area contributed by atoms with Gasteiger partial charge in [-0.15, -0.1) is 0 Å². The van der Waals surface area contributed by atoms with Crippen molar-refractivity contribution in [1.82, 2.24) is 29.9 Å². The van der Waals surface area contributed by atoms with Gasteiger partial charge in [0.15, 0.2) is 11.6 Å². The first-order chi connectivity index (χ1) is 12.8. The highest BCUT2D eigenvalue weighted by molar-refractivity contribution is 5.88.